The molecule has 1 aromatic carbocycles. The molecule has 0 fully saturated rings. The molecule has 0 unspecified atom stereocenters. The van der Waals surface area contributed by atoms with Crippen molar-refractivity contribution in [2.45, 2.75) is 6.54 Å². The van der Waals surface area contributed by atoms with Gasteiger partial charge in [-0.25, -0.2) is 14.4 Å². The van der Waals surface area contributed by atoms with E-state index in [1.165, 1.54) is 18.3 Å². The fourth-order valence-corrected chi connectivity index (χ4v) is 1.40. The lowest BCUT2D eigenvalue weighted by Crippen LogP contribution is -2.02. The van der Waals surface area contributed by atoms with E-state index in [0.29, 0.717) is 17.5 Å². The number of nitrogens with one attached hydrogen (secondary N) is 1. The molecule has 0 atom stereocenters. The summed E-state index contributed by atoms with van der Waals surface area (Å²) in [4.78, 5) is 7.92. The number of anilines is 1. The van der Waals surface area contributed by atoms with Crippen LogP contribution >= 0.6 is 11.6 Å². The van der Waals surface area contributed by atoms with Gasteiger partial charge >= 0.3 is 0 Å². The Morgan fingerprint density at radius 2 is 1.81 bits per heavy atom. The van der Waals surface area contributed by atoms with Crippen LogP contribution in [0.4, 0.5) is 10.2 Å². The van der Waals surface area contributed by atoms with Crippen LogP contribution in [-0.2, 0) is 6.54 Å². The summed E-state index contributed by atoms with van der Waals surface area (Å²) >= 11 is 5.82. The topological polar surface area (TPSA) is 37.8 Å². The summed E-state index contributed by atoms with van der Waals surface area (Å²) < 4.78 is 12.7. The van der Waals surface area contributed by atoms with Gasteiger partial charge in [0.25, 0.3) is 0 Å². The van der Waals surface area contributed by atoms with Crippen LogP contribution in [0.15, 0.2) is 36.7 Å². The summed E-state index contributed by atoms with van der Waals surface area (Å²) in [5, 5.41) is 3.34. The Kier molecular flexibility index (Phi) is 3.31. The Labute approximate surface area is 97.3 Å². The molecule has 0 aliphatic rings. The van der Waals surface area contributed by atoms with Gasteiger partial charge in [-0.05, 0) is 17.7 Å². The second-order valence-electron chi connectivity index (χ2n) is 3.18. The van der Waals surface area contributed by atoms with Crippen LogP contribution in [-0.4, -0.2) is 9.97 Å². The van der Waals surface area contributed by atoms with Crippen LogP contribution in [0.25, 0.3) is 0 Å². The summed E-state index contributed by atoms with van der Waals surface area (Å²) in [6.07, 6.45) is 3.07. The number of hydrogen-bond donors (Lipinski definition) is 1. The molecular weight excluding hydrogens is 229 g/mol. The standard InChI is InChI=1S/C11H9ClFN3/c12-10-11(15-6-5-14-10)16-7-8-1-3-9(13)4-2-8/h1-6H,7H2,(H,15,16). The Hall–Kier alpha value is -1.68. The molecule has 2 aromatic rings. The van der Waals surface area contributed by atoms with Crippen LogP contribution in [0.3, 0.4) is 0 Å². The molecular formula is C11H9ClFN3. The Bertz CT molecular complexity index is 473. The van der Waals surface area contributed by atoms with E-state index in [0.717, 1.165) is 5.56 Å². The summed E-state index contributed by atoms with van der Waals surface area (Å²) in [5.74, 6) is 0.273. The van der Waals surface area contributed by atoms with Gasteiger partial charge in [0.2, 0.25) is 0 Å². The molecule has 0 aliphatic carbocycles. The zero-order valence-corrected chi connectivity index (χ0v) is 9.08. The van der Waals surface area contributed by atoms with E-state index in [1.807, 2.05) is 0 Å². The van der Waals surface area contributed by atoms with Gasteiger partial charge in [0.15, 0.2) is 11.0 Å². The lowest BCUT2D eigenvalue weighted by molar-refractivity contribution is 0.627. The van der Waals surface area contributed by atoms with Crippen molar-refractivity contribution >= 4 is 17.4 Å². The van der Waals surface area contributed by atoms with Gasteiger partial charge in [-0.15, -0.1) is 0 Å². The highest BCUT2D eigenvalue weighted by molar-refractivity contribution is 6.31. The monoisotopic (exact) mass is 237 g/mol. The van der Waals surface area contributed by atoms with E-state index in [4.69, 9.17) is 11.6 Å². The van der Waals surface area contributed by atoms with Crippen molar-refractivity contribution in [2.75, 3.05) is 5.32 Å². The molecule has 5 heteroatoms. The minimum absolute atomic E-state index is 0.249. The van der Waals surface area contributed by atoms with Crippen molar-refractivity contribution in [2.24, 2.45) is 0 Å². The van der Waals surface area contributed by atoms with Crippen LogP contribution in [0.1, 0.15) is 5.56 Å². The molecule has 3 nitrogen and oxygen atoms in total. The third kappa shape index (κ3) is 2.67. The third-order valence-electron chi connectivity index (χ3n) is 2.03. The summed E-state index contributed by atoms with van der Waals surface area (Å²) in [6, 6.07) is 6.23. The van der Waals surface area contributed by atoms with Gasteiger partial charge in [0.05, 0.1) is 0 Å². The quantitative estimate of drug-likeness (QED) is 0.892. The number of rotatable bonds is 3. The average molecular weight is 238 g/mol. The molecule has 0 amide bonds. The van der Waals surface area contributed by atoms with Crippen molar-refractivity contribution in [1.82, 2.24) is 9.97 Å². The summed E-state index contributed by atoms with van der Waals surface area (Å²) in [6.45, 7) is 0.526. The Morgan fingerprint density at radius 3 is 2.50 bits per heavy atom. The van der Waals surface area contributed by atoms with Crippen molar-refractivity contribution in [1.29, 1.82) is 0 Å². The smallest absolute Gasteiger partial charge is 0.171 e. The molecule has 0 aliphatic heterocycles. The largest absolute Gasteiger partial charge is 0.363 e. The van der Waals surface area contributed by atoms with E-state index in [2.05, 4.69) is 15.3 Å². The second-order valence-corrected chi connectivity index (χ2v) is 3.53. The second kappa shape index (κ2) is 4.90. The van der Waals surface area contributed by atoms with Crippen LogP contribution in [0, 0.1) is 5.82 Å². The van der Waals surface area contributed by atoms with Crippen molar-refractivity contribution in [3.8, 4) is 0 Å². The zero-order valence-electron chi connectivity index (χ0n) is 8.32. The molecule has 0 saturated heterocycles. The molecule has 0 radical (unpaired) electrons. The van der Waals surface area contributed by atoms with E-state index in [-0.39, 0.29) is 5.82 Å². The van der Waals surface area contributed by atoms with Gasteiger partial charge in [-0.3, -0.25) is 0 Å². The molecule has 82 valence electrons. The normalized spacial score (nSPS) is 10.1. The maximum Gasteiger partial charge on any atom is 0.171 e. The van der Waals surface area contributed by atoms with E-state index >= 15 is 0 Å². The Morgan fingerprint density at radius 1 is 1.12 bits per heavy atom. The van der Waals surface area contributed by atoms with Crippen LogP contribution < -0.4 is 5.32 Å². The third-order valence-corrected chi connectivity index (χ3v) is 2.30. The molecule has 0 saturated carbocycles. The predicted molar refractivity (Wildman–Crippen MR) is 60.8 cm³/mol. The molecule has 0 bridgehead atoms. The van der Waals surface area contributed by atoms with Crippen molar-refractivity contribution in [3.63, 3.8) is 0 Å². The number of hydrogen-bond acceptors (Lipinski definition) is 3. The first-order valence-corrected chi connectivity index (χ1v) is 5.08. The van der Waals surface area contributed by atoms with Gasteiger partial charge < -0.3 is 5.32 Å². The number of halogens is 2. The number of aromatic nitrogens is 2. The highest BCUT2D eigenvalue weighted by Crippen LogP contribution is 2.15. The highest BCUT2D eigenvalue weighted by Gasteiger charge is 2.01. The summed E-state index contributed by atoms with van der Waals surface area (Å²) in [7, 11) is 0. The SMILES string of the molecule is Fc1ccc(CNc2nccnc2Cl)cc1. The molecule has 16 heavy (non-hydrogen) atoms. The van der Waals surface area contributed by atoms with Gasteiger partial charge in [-0.1, -0.05) is 23.7 Å². The minimum Gasteiger partial charge on any atom is -0.363 e. The first-order chi connectivity index (χ1) is 7.75. The molecule has 2 rings (SSSR count). The first-order valence-electron chi connectivity index (χ1n) is 4.70. The van der Waals surface area contributed by atoms with E-state index in [1.54, 1.807) is 18.3 Å². The first kappa shape index (κ1) is 10.8. The van der Waals surface area contributed by atoms with Crippen LogP contribution in [0.5, 0.6) is 0 Å². The van der Waals surface area contributed by atoms with Crippen LogP contribution in [0.2, 0.25) is 5.15 Å². The van der Waals surface area contributed by atoms with Gasteiger partial charge in [0, 0.05) is 18.9 Å². The minimum atomic E-state index is -0.249. The predicted octanol–water partition coefficient (Wildman–Crippen LogP) is 2.88. The maximum absolute atomic E-state index is 12.7. The maximum atomic E-state index is 12.7. The molecule has 0 spiro atoms. The zero-order chi connectivity index (χ0) is 11.4. The molecule has 1 N–H and O–H groups in total. The average Bonchev–Trinajstić information content (AvgIpc) is 2.30. The fourth-order valence-electron chi connectivity index (χ4n) is 1.23. The highest BCUT2D eigenvalue weighted by atomic mass is 35.5. The number of benzene rings is 1. The lowest BCUT2D eigenvalue weighted by atomic mass is 10.2. The summed E-state index contributed by atoms with van der Waals surface area (Å²) in [5.41, 5.74) is 0.947. The van der Waals surface area contributed by atoms with E-state index < -0.39 is 0 Å². The molecule has 1 aromatic heterocycles. The Balaban J connectivity index is 2.02. The fraction of sp³-hybridized carbons (Fsp3) is 0.0909. The van der Waals surface area contributed by atoms with Crippen molar-refractivity contribution < 1.29 is 4.39 Å². The van der Waals surface area contributed by atoms with Crippen molar-refractivity contribution in [3.05, 3.63) is 53.2 Å². The van der Waals surface area contributed by atoms with Gasteiger partial charge in [-0.2, -0.15) is 0 Å². The van der Waals surface area contributed by atoms with Gasteiger partial charge in [0.1, 0.15) is 5.82 Å². The van der Waals surface area contributed by atoms with E-state index in [9.17, 15) is 4.39 Å². The number of nitrogens with zero attached hydrogens (tertiary/aromatic N) is 2. The lowest BCUT2D eigenvalue weighted by Gasteiger charge is -2.06. The molecule has 1 heterocycles.